The molecule has 1 aromatic heterocycles. The van der Waals surface area contributed by atoms with Crippen LogP contribution in [0.4, 0.5) is 0 Å². The van der Waals surface area contributed by atoms with Crippen LogP contribution < -0.4 is 0 Å². The van der Waals surface area contributed by atoms with E-state index in [-0.39, 0.29) is 0 Å². The molecule has 0 N–H and O–H groups in total. The van der Waals surface area contributed by atoms with Crippen LogP contribution in [0.25, 0.3) is 11.1 Å². The van der Waals surface area contributed by atoms with Gasteiger partial charge in [0, 0.05) is 10.6 Å². The minimum absolute atomic E-state index is 0.721. The van der Waals surface area contributed by atoms with Gasteiger partial charge in [-0.25, -0.2) is 0 Å². The lowest BCUT2D eigenvalue weighted by molar-refractivity contribution is 0.565. The molecule has 2 rings (SSSR count). The van der Waals surface area contributed by atoms with E-state index in [1.807, 2.05) is 24.3 Å². The smallest absolute Gasteiger partial charge is 0.0983 e. The van der Waals surface area contributed by atoms with Gasteiger partial charge in [-0.3, -0.25) is 0 Å². The first-order valence-corrected chi connectivity index (χ1v) is 4.79. The Kier molecular flexibility index (Phi) is 2.60. The van der Waals surface area contributed by atoms with Crippen molar-refractivity contribution in [1.82, 2.24) is 0 Å². The van der Waals surface area contributed by atoms with E-state index in [0.29, 0.717) is 0 Å². The highest BCUT2D eigenvalue weighted by Gasteiger charge is 2.05. The molecule has 2 aromatic rings. The monoisotopic (exact) mass is 205 g/mol. The maximum atomic E-state index is 5.91. The number of benzene rings is 1. The van der Waals surface area contributed by atoms with Gasteiger partial charge in [-0.05, 0) is 36.6 Å². The van der Waals surface area contributed by atoms with Crippen LogP contribution in [-0.4, -0.2) is 0 Å². The molecule has 14 heavy (non-hydrogen) atoms. The SMILES string of the molecule is [CH2]Cc1cocc1-c1cccc(Cl)c1. The zero-order valence-corrected chi connectivity index (χ0v) is 8.42. The molecule has 1 aromatic carbocycles. The van der Waals surface area contributed by atoms with Crippen LogP contribution in [-0.2, 0) is 6.42 Å². The average Bonchev–Trinajstić information content (AvgIpc) is 2.65. The Bertz CT molecular complexity index is 431. The summed E-state index contributed by atoms with van der Waals surface area (Å²) in [5.41, 5.74) is 3.25. The van der Waals surface area contributed by atoms with Crippen LogP contribution in [0.5, 0.6) is 0 Å². The third kappa shape index (κ3) is 1.68. The summed E-state index contributed by atoms with van der Waals surface area (Å²) in [6.07, 6.45) is 4.17. The largest absolute Gasteiger partial charge is 0.472 e. The Morgan fingerprint density at radius 2 is 2.14 bits per heavy atom. The first-order chi connectivity index (χ1) is 6.81. The van der Waals surface area contributed by atoms with Gasteiger partial charge in [0.05, 0.1) is 12.5 Å². The third-order valence-electron chi connectivity index (χ3n) is 2.15. The van der Waals surface area contributed by atoms with E-state index in [1.165, 1.54) is 0 Å². The van der Waals surface area contributed by atoms with Crippen molar-refractivity contribution in [3.63, 3.8) is 0 Å². The quantitative estimate of drug-likeness (QED) is 0.723. The van der Waals surface area contributed by atoms with Crippen molar-refractivity contribution in [2.45, 2.75) is 6.42 Å². The van der Waals surface area contributed by atoms with Crippen molar-refractivity contribution in [1.29, 1.82) is 0 Å². The molecule has 0 aliphatic carbocycles. The van der Waals surface area contributed by atoms with E-state index in [4.69, 9.17) is 16.0 Å². The highest BCUT2D eigenvalue weighted by molar-refractivity contribution is 6.30. The van der Waals surface area contributed by atoms with Crippen molar-refractivity contribution < 1.29 is 4.42 Å². The van der Waals surface area contributed by atoms with Gasteiger partial charge in [0.2, 0.25) is 0 Å². The van der Waals surface area contributed by atoms with Crippen LogP contribution in [0.1, 0.15) is 5.56 Å². The molecule has 0 saturated heterocycles. The third-order valence-corrected chi connectivity index (χ3v) is 2.38. The summed E-state index contributed by atoms with van der Waals surface area (Å²) in [6.45, 7) is 3.84. The number of halogens is 1. The second-order valence-electron chi connectivity index (χ2n) is 3.07. The molecule has 0 atom stereocenters. The Morgan fingerprint density at radius 1 is 1.29 bits per heavy atom. The summed E-state index contributed by atoms with van der Waals surface area (Å²) in [4.78, 5) is 0. The van der Waals surface area contributed by atoms with Crippen LogP contribution in [0.2, 0.25) is 5.02 Å². The molecule has 1 heterocycles. The van der Waals surface area contributed by atoms with Crippen LogP contribution in [0.15, 0.2) is 41.2 Å². The van der Waals surface area contributed by atoms with E-state index in [1.54, 1.807) is 12.5 Å². The predicted molar refractivity (Wildman–Crippen MR) is 58.2 cm³/mol. The van der Waals surface area contributed by atoms with E-state index >= 15 is 0 Å². The zero-order chi connectivity index (χ0) is 9.97. The predicted octanol–water partition coefficient (Wildman–Crippen LogP) is 3.98. The van der Waals surface area contributed by atoms with Gasteiger partial charge in [0.1, 0.15) is 0 Å². The Labute approximate surface area is 88.3 Å². The summed E-state index contributed by atoms with van der Waals surface area (Å²) in [5.74, 6) is 0. The van der Waals surface area contributed by atoms with Crippen molar-refractivity contribution in [2.24, 2.45) is 0 Å². The fourth-order valence-corrected chi connectivity index (χ4v) is 1.62. The standard InChI is InChI=1S/C12H10ClO/c1-2-9-7-14-8-12(9)10-4-3-5-11(13)6-10/h3-8H,1-2H2. The summed E-state index contributed by atoms with van der Waals surface area (Å²) in [7, 11) is 0. The maximum absolute atomic E-state index is 5.91. The van der Waals surface area contributed by atoms with Crippen molar-refractivity contribution in [3.8, 4) is 11.1 Å². The Balaban J connectivity index is 2.49. The molecule has 1 radical (unpaired) electrons. The molecule has 0 fully saturated rings. The van der Waals surface area contributed by atoms with Crippen LogP contribution in [0, 0.1) is 6.92 Å². The number of furan rings is 1. The molecule has 0 saturated carbocycles. The highest BCUT2D eigenvalue weighted by atomic mass is 35.5. The molecule has 1 nitrogen and oxygen atoms in total. The number of rotatable bonds is 2. The van der Waals surface area contributed by atoms with Crippen LogP contribution in [0.3, 0.4) is 0 Å². The van der Waals surface area contributed by atoms with E-state index < -0.39 is 0 Å². The second kappa shape index (κ2) is 3.89. The topological polar surface area (TPSA) is 13.1 Å². The number of hydrogen-bond donors (Lipinski definition) is 0. The van der Waals surface area contributed by atoms with E-state index in [2.05, 4.69) is 6.92 Å². The summed E-state index contributed by atoms with van der Waals surface area (Å²) >= 11 is 5.91. The molecule has 0 amide bonds. The second-order valence-corrected chi connectivity index (χ2v) is 3.51. The summed E-state index contributed by atoms with van der Waals surface area (Å²) in [5, 5.41) is 0.735. The molecular formula is C12H10ClO. The van der Waals surface area contributed by atoms with Gasteiger partial charge in [-0.15, -0.1) is 0 Å². The first-order valence-electron chi connectivity index (χ1n) is 4.41. The fraction of sp³-hybridized carbons (Fsp3) is 0.0833. The van der Waals surface area contributed by atoms with E-state index in [9.17, 15) is 0 Å². The van der Waals surface area contributed by atoms with E-state index in [0.717, 1.165) is 28.1 Å². The zero-order valence-electron chi connectivity index (χ0n) is 7.66. The normalized spacial score (nSPS) is 10.4. The van der Waals surface area contributed by atoms with Gasteiger partial charge in [0.25, 0.3) is 0 Å². The molecule has 0 aliphatic heterocycles. The van der Waals surface area contributed by atoms with Crippen molar-refractivity contribution in [2.75, 3.05) is 0 Å². The molecule has 71 valence electrons. The minimum atomic E-state index is 0.721. The van der Waals surface area contributed by atoms with Gasteiger partial charge in [-0.2, -0.15) is 0 Å². The van der Waals surface area contributed by atoms with Crippen molar-refractivity contribution in [3.05, 3.63) is 54.3 Å². The molecule has 0 spiro atoms. The highest BCUT2D eigenvalue weighted by Crippen LogP contribution is 2.27. The lowest BCUT2D eigenvalue weighted by atomic mass is 10.0. The van der Waals surface area contributed by atoms with Gasteiger partial charge in [0.15, 0.2) is 0 Å². The number of hydrogen-bond acceptors (Lipinski definition) is 1. The molecule has 0 bridgehead atoms. The molecule has 0 unspecified atom stereocenters. The van der Waals surface area contributed by atoms with Crippen LogP contribution >= 0.6 is 11.6 Å². The van der Waals surface area contributed by atoms with Gasteiger partial charge >= 0.3 is 0 Å². The molecule has 0 aliphatic rings. The Morgan fingerprint density at radius 3 is 2.86 bits per heavy atom. The Hall–Kier alpha value is -1.21. The fourth-order valence-electron chi connectivity index (χ4n) is 1.43. The summed E-state index contributed by atoms with van der Waals surface area (Å²) in [6, 6.07) is 7.72. The lowest BCUT2D eigenvalue weighted by Crippen LogP contribution is -1.81. The summed E-state index contributed by atoms with van der Waals surface area (Å²) < 4.78 is 5.15. The van der Waals surface area contributed by atoms with Gasteiger partial charge < -0.3 is 4.42 Å². The lowest BCUT2D eigenvalue weighted by Gasteiger charge is -2.00. The average molecular weight is 206 g/mol. The minimum Gasteiger partial charge on any atom is -0.472 e. The molecular weight excluding hydrogens is 196 g/mol. The van der Waals surface area contributed by atoms with Gasteiger partial charge in [-0.1, -0.05) is 23.7 Å². The molecule has 2 heteroatoms. The maximum Gasteiger partial charge on any atom is 0.0983 e. The first kappa shape index (κ1) is 9.35. The van der Waals surface area contributed by atoms with Crippen molar-refractivity contribution >= 4 is 11.6 Å².